The van der Waals surface area contributed by atoms with Crippen LogP contribution in [0.25, 0.3) is 0 Å². The molecule has 1 atom stereocenters. The second kappa shape index (κ2) is 8.27. The van der Waals surface area contributed by atoms with Crippen molar-refractivity contribution in [2.24, 2.45) is 0 Å². The number of alkyl halides is 3. The van der Waals surface area contributed by atoms with Crippen molar-refractivity contribution in [3.05, 3.63) is 35.4 Å². The van der Waals surface area contributed by atoms with Gasteiger partial charge in [0.2, 0.25) is 0 Å². The summed E-state index contributed by atoms with van der Waals surface area (Å²) in [6.07, 6.45) is -3.89. The summed E-state index contributed by atoms with van der Waals surface area (Å²) in [5.41, 5.74) is 2.34. The lowest BCUT2D eigenvalue weighted by Gasteiger charge is -2.17. The molecule has 0 aliphatic rings. The Kier molecular flexibility index (Phi) is 7.02. The Morgan fingerprint density at radius 2 is 1.85 bits per heavy atom. The van der Waals surface area contributed by atoms with Gasteiger partial charge in [-0.05, 0) is 31.0 Å². The number of benzene rings is 1. The van der Waals surface area contributed by atoms with E-state index in [4.69, 9.17) is 4.74 Å². The summed E-state index contributed by atoms with van der Waals surface area (Å²) in [7, 11) is 1.82. The van der Waals surface area contributed by atoms with Crippen LogP contribution >= 0.6 is 0 Å². The summed E-state index contributed by atoms with van der Waals surface area (Å²) in [5.74, 6) is 0. The highest BCUT2D eigenvalue weighted by Gasteiger charge is 2.26. The average Bonchev–Trinajstić information content (AvgIpc) is 2.42. The van der Waals surface area contributed by atoms with E-state index < -0.39 is 12.6 Å². The van der Waals surface area contributed by atoms with Crippen LogP contribution in [0.5, 0.6) is 0 Å². The van der Waals surface area contributed by atoms with Crippen molar-refractivity contribution in [3.8, 4) is 0 Å². The molecule has 0 bridgehead atoms. The molecule has 0 saturated carbocycles. The zero-order valence-corrected chi connectivity index (χ0v) is 12.0. The van der Waals surface area contributed by atoms with Crippen molar-refractivity contribution in [1.29, 1.82) is 0 Å². The van der Waals surface area contributed by atoms with Crippen molar-refractivity contribution in [3.63, 3.8) is 0 Å². The maximum atomic E-state index is 12.0. The normalized spacial score (nSPS) is 13.4. The summed E-state index contributed by atoms with van der Waals surface area (Å²) in [4.78, 5) is 0. The van der Waals surface area contributed by atoms with Gasteiger partial charge in [0.15, 0.2) is 0 Å². The molecule has 1 rings (SSSR count). The zero-order valence-electron chi connectivity index (χ0n) is 12.0. The number of likely N-dealkylation sites (N-methyl/N-ethyl adjacent to an activating group) is 1. The van der Waals surface area contributed by atoms with Crippen LogP contribution in [-0.4, -0.2) is 26.4 Å². The quantitative estimate of drug-likeness (QED) is 0.734. The number of nitrogens with one attached hydrogen (secondary N) is 1. The molecule has 20 heavy (non-hydrogen) atoms. The summed E-state index contributed by atoms with van der Waals surface area (Å²) < 4.78 is 41.3. The molecule has 0 fully saturated rings. The Labute approximate surface area is 118 Å². The number of aryl methyl sites for hydroxylation is 1. The monoisotopic (exact) mass is 289 g/mol. The van der Waals surface area contributed by atoms with E-state index in [2.05, 4.69) is 24.4 Å². The fourth-order valence-electron chi connectivity index (χ4n) is 1.91. The van der Waals surface area contributed by atoms with Gasteiger partial charge in [-0.25, -0.2) is 0 Å². The first-order valence-electron chi connectivity index (χ1n) is 6.87. The van der Waals surface area contributed by atoms with E-state index in [1.54, 1.807) is 0 Å². The highest BCUT2D eigenvalue weighted by Crippen LogP contribution is 2.21. The molecule has 1 aromatic rings. The molecule has 0 aromatic heterocycles. The van der Waals surface area contributed by atoms with Gasteiger partial charge in [0, 0.05) is 13.0 Å². The number of rotatable bonds is 8. The van der Waals surface area contributed by atoms with Gasteiger partial charge in [-0.2, -0.15) is 13.2 Å². The molecule has 0 radical (unpaired) electrons. The van der Waals surface area contributed by atoms with Crippen molar-refractivity contribution >= 4 is 0 Å². The second-order valence-corrected chi connectivity index (χ2v) is 4.73. The van der Waals surface area contributed by atoms with Gasteiger partial charge in [0.1, 0.15) is 0 Å². The summed E-state index contributed by atoms with van der Waals surface area (Å²) in [6.45, 7) is 2.60. The molecule has 1 N–H and O–H groups in total. The first-order chi connectivity index (χ1) is 9.46. The van der Waals surface area contributed by atoms with Crippen molar-refractivity contribution in [2.45, 2.75) is 38.4 Å². The fraction of sp³-hybridized carbons (Fsp3) is 0.600. The van der Waals surface area contributed by atoms with E-state index in [0.29, 0.717) is 6.61 Å². The SMILES string of the molecule is CCc1ccc(C(COCCCC(F)(F)F)NC)cc1. The predicted octanol–water partition coefficient (Wildman–Crippen LogP) is 3.87. The molecule has 0 heterocycles. The van der Waals surface area contributed by atoms with Gasteiger partial charge in [0.05, 0.1) is 12.6 Å². The topological polar surface area (TPSA) is 21.3 Å². The number of ether oxygens (including phenoxy) is 1. The van der Waals surface area contributed by atoms with Crippen LogP contribution in [0.2, 0.25) is 0 Å². The van der Waals surface area contributed by atoms with E-state index >= 15 is 0 Å². The Morgan fingerprint density at radius 3 is 2.35 bits per heavy atom. The average molecular weight is 289 g/mol. The Hall–Kier alpha value is -1.07. The van der Waals surface area contributed by atoms with Crippen LogP contribution in [0.4, 0.5) is 13.2 Å². The lowest BCUT2D eigenvalue weighted by Crippen LogP contribution is -2.22. The van der Waals surface area contributed by atoms with Gasteiger partial charge < -0.3 is 10.1 Å². The smallest absolute Gasteiger partial charge is 0.379 e. The minimum atomic E-state index is -4.10. The Morgan fingerprint density at radius 1 is 1.20 bits per heavy atom. The van der Waals surface area contributed by atoms with Crippen LogP contribution in [-0.2, 0) is 11.2 Å². The third-order valence-electron chi connectivity index (χ3n) is 3.17. The molecule has 114 valence electrons. The maximum absolute atomic E-state index is 12.0. The van der Waals surface area contributed by atoms with E-state index in [-0.39, 0.29) is 19.1 Å². The van der Waals surface area contributed by atoms with Crippen LogP contribution in [0.1, 0.15) is 36.9 Å². The minimum Gasteiger partial charge on any atom is -0.379 e. The molecule has 0 aliphatic carbocycles. The molecule has 0 amide bonds. The van der Waals surface area contributed by atoms with E-state index in [9.17, 15) is 13.2 Å². The van der Waals surface area contributed by atoms with Crippen LogP contribution in [0.3, 0.4) is 0 Å². The molecule has 1 aromatic carbocycles. The van der Waals surface area contributed by atoms with Gasteiger partial charge in [-0.3, -0.25) is 0 Å². The van der Waals surface area contributed by atoms with Crippen LogP contribution in [0.15, 0.2) is 24.3 Å². The lowest BCUT2D eigenvalue weighted by molar-refractivity contribution is -0.138. The Balaban J connectivity index is 2.35. The molecule has 5 heteroatoms. The third kappa shape index (κ3) is 6.39. The molecular formula is C15H22F3NO. The van der Waals surface area contributed by atoms with Gasteiger partial charge in [-0.15, -0.1) is 0 Å². The molecule has 2 nitrogen and oxygen atoms in total. The number of hydrogen-bond donors (Lipinski definition) is 1. The molecular weight excluding hydrogens is 267 g/mol. The van der Waals surface area contributed by atoms with Gasteiger partial charge >= 0.3 is 6.18 Å². The Bertz CT molecular complexity index is 376. The van der Waals surface area contributed by atoms with E-state index in [0.717, 1.165) is 12.0 Å². The summed E-state index contributed by atoms with van der Waals surface area (Å²) in [6, 6.07) is 8.18. The summed E-state index contributed by atoms with van der Waals surface area (Å²) in [5, 5.41) is 3.12. The third-order valence-corrected chi connectivity index (χ3v) is 3.17. The van der Waals surface area contributed by atoms with Gasteiger partial charge in [0.25, 0.3) is 0 Å². The molecule has 0 spiro atoms. The largest absolute Gasteiger partial charge is 0.389 e. The number of halogens is 3. The molecule has 1 unspecified atom stereocenters. The first kappa shape index (κ1) is 17.0. The second-order valence-electron chi connectivity index (χ2n) is 4.73. The lowest BCUT2D eigenvalue weighted by atomic mass is 10.0. The fourth-order valence-corrected chi connectivity index (χ4v) is 1.91. The molecule has 0 saturated heterocycles. The van der Waals surface area contributed by atoms with E-state index in [1.165, 1.54) is 5.56 Å². The number of hydrogen-bond acceptors (Lipinski definition) is 2. The highest BCUT2D eigenvalue weighted by molar-refractivity contribution is 5.25. The summed E-state index contributed by atoms with van der Waals surface area (Å²) >= 11 is 0. The van der Waals surface area contributed by atoms with Gasteiger partial charge in [-0.1, -0.05) is 31.2 Å². The van der Waals surface area contributed by atoms with Crippen molar-refractivity contribution in [2.75, 3.05) is 20.3 Å². The molecule has 0 aliphatic heterocycles. The zero-order chi connectivity index (χ0) is 15.0. The van der Waals surface area contributed by atoms with E-state index in [1.807, 2.05) is 19.2 Å². The van der Waals surface area contributed by atoms with Crippen LogP contribution < -0.4 is 5.32 Å². The maximum Gasteiger partial charge on any atom is 0.389 e. The predicted molar refractivity (Wildman–Crippen MR) is 73.7 cm³/mol. The minimum absolute atomic E-state index is 0.00629. The van der Waals surface area contributed by atoms with Crippen LogP contribution in [0, 0.1) is 0 Å². The highest BCUT2D eigenvalue weighted by atomic mass is 19.4. The standard InChI is InChI=1S/C15H22F3NO/c1-3-12-5-7-13(8-6-12)14(19-2)11-20-10-4-9-15(16,17)18/h5-8,14,19H,3-4,9-11H2,1-2H3. The first-order valence-corrected chi connectivity index (χ1v) is 6.87. The van der Waals surface area contributed by atoms with Crippen molar-refractivity contribution in [1.82, 2.24) is 5.32 Å². The van der Waals surface area contributed by atoms with Crippen molar-refractivity contribution < 1.29 is 17.9 Å².